The van der Waals surface area contributed by atoms with Crippen LogP contribution in [0.4, 0.5) is 4.39 Å². The Bertz CT molecular complexity index is 840. The Balaban J connectivity index is 1.55. The highest BCUT2D eigenvalue weighted by molar-refractivity contribution is 5.78. The fraction of sp³-hybridized carbons (Fsp3) is 0.368. The van der Waals surface area contributed by atoms with E-state index in [0.29, 0.717) is 5.92 Å². The lowest BCUT2D eigenvalue weighted by atomic mass is 9.93. The molecule has 0 N–H and O–H groups in total. The second-order valence-corrected chi connectivity index (χ2v) is 6.58. The van der Waals surface area contributed by atoms with E-state index in [0.717, 1.165) is 54.8 Å². The van der Waals surface area contributed by atoms with Gasteiger partial charge in [-0.05, 0) is 49.2 Å². The van der Waals surface area contributed by atoms with Gasteiger partial charge in [-0.15, -0.1) is 0 Å². The molecule has 1 saturated heterocycles. The number of benzene rings is 1. The van der Waals surface area contributed by atoms with Crippen LogP contribution in [0.1, 0.15) is 30.0 Å². The number of fused-ring (bicyclic) bond motifs is 1. The van der Waals surface area contributed by atoms with Gasteiger partial charge in [0.2, 0.25) is 0 Å². The van der Waals surface area contributed by atoms with Crippen molar-refractivity contribution < 1.29 is 4.39 Å². The molecule has 1 aliphatic rings. The Morgan fingerprint density at radius 2 is 2.04 bits per heavy atom. The van der Waals surface area contributed by atoms with Gasteiger partial charge >= 0.3 is 0 Å². The average Bonchev–Trinajstić information content (AvgIpc) is 2.95. The molecule has 1 unspecified atom stereocenters. The quantitative estimate of drug-likeness (QED) is 0.739. The number of aryl methyl sites for hydroxylation is 1. The highest BCUT2D eigenvalue weighted by Gasteiger charge is 2.25. The van der Waals surface area contributed by atoms with E-state index in [1.165, 1.54) is 12.1 Å². The molecule has 3 heterocycles. The van der Waals surface area contributed by atoms with Crippen LogP contribution in [0.5, 0.6) is 0 Å². The number of likely N-dealkylation sites (tertiary alicyclic amines) is 1. The smallest absolute Gasteiger partial charge is 0.157 e. The maximum Gasteiger partial charge on any atom is 0.157 e. The molecule has 0 aliphatic carbocycles. The lowest BCUT2D eigenvalue weighted by Crippen LogP contribution is -2.34. The van der Waals surface area contributed by atoms with E-state index in [9.17, 15) is 4.39 Å². The first-order valence-electron chi connectivity index (χ1n) is 8.45. The molecule has 1 aromatic carbocycles. The van der Waals surface area contributed by atoms with Gasteiger partial charge in [-0.25, -0.2) is 9.37 Å². The average molecular weight is 324 g/mol. The number of hydrogen-bond donors (Lipinski definition) is 0. The SMILES string of the molecule is Cn1nc(C2CCCN(Cc3ccc(F)cc3)C2)c2cccnc21. The van der Waals surface area contributed by atoms with Gasteiger partial charge in [0, 0.05) is 37.6 Å². The minimum absolute atomic E-state index is 0.178. The molecule has 1 atom stereocenters. The minimum atomic E-state index is -0.178. The first kappa shape index (κ1) is 15.3. The molecule has 124 valence electrons. The largest absolute Gasteiger partial charge is 0.298 e. The maximum atomic E-state index is 13.1. The fourth-order valence-electron chi connectivity index (χ4n) is 3.69. The molecule has 1 fully saturated rings. The third-order valence-electron chi connectivity index (χ3n) is 4.84. The van der Waals surface area contributed by atoms with Crippen molar-refractivity contribution in [2.24, 2.45) is 7.05 Å². The van der Waals surface area contributed by atoms with E-state index in [2.05, 4.69) is 16.0 Å². The number of rotatable bonds is 3. The monoisotopic (exact) mass is 324 g/mol. The first-order valence-corrected chi connectivity index (χ1v) is 8.45. The van der Waals surface area contributed by atoms with Crippen LogP contribution in [-0.2, 0) is 13.6 Å². The topological polar surface area (TPSA) is 34.0 Å². The molecule has 1 aliphatic heterocycles. The zero-order valence-corrected chi connectivity index (χ0v) is 13.8. The van der Waals surface area contributed by atoms with Gasteiger partial charge in [0.1, 0.15) is 5.82 Å². The zero-order valence-electron chi connectivity index (χ0n) is 13.8. The third-order valence-corrected chi connectivity index (χ3v) is 4.84. The van der Waals surface area contributed by atoms with Gasteiger partial charge in [-0.1, -0.05) is 12.1 Å². The molecule has 0 saturated carbocycles. The molecule has 3 aromatic rings. The van der Waals surface area contributed by atoms with Crippen LogP contribution in [0, 0.1) is 5.82 Å². The van der Waals surface area contributed by atoms with Crippen LogP contribution in [0.2, 0.25) is 0 Å². The van der Waals surface area contributed by atoms with Crippen molar-refractivity contribution in [2.75, 3.05) is 13.1 Å². The van der Waals surface area contributed by atoms with Crippen molar-refractivity contribution in [3.8, 4) is 0 Å². The van der Waals surface area contributed by atoms with E-state index < -0.39 is 0 Å². The highest BCUT2D eigenvalue weighted by Crippen LogP contribution is 2.31. The molecule has 0 spiro atoms. The molecule has 0 bridgehead atoms. The summed E-state index contributed by atoms with van der Waals surface area (Å²) in [5.74, 6) is 0.245. The van der Waals surface area contributed by atoms with Crippen molar-refractivity contribution in [2.45, 2.75) is 25.3 Å². The molecule has 0 amide bonds. The Morgan fingerprint density at radius 1 is 1.21 bits per heavy atom. The summed E-state index contributed by atoms with van der Waals surface area (Å²) in [6, 6.07) is 10.9. The molecular formula is C19H21FN4. The number of nitrogens with zero attached hydrogens (tertiary/aromatic N) is 4. The van der Waals surface area contributed by atoms with Crippen molar-refractivity contribution in [1.29, 1.82) is 0 Å². The van der Waals surface area contributed by atoms with Gasteiger partial charge < -0.3 is 0 Å². The van der Waals surface area contributed by atoms with Crippen molar-refractivity contribution in [1.82, 2.24) is 19.7 Å². The van der Waals surface area contributed by atoms with Gasteiger partial charge in [0.05, 0.1) is 5.69 Å². The lowest BCUT2D eigenvalue weighted by Gasteiger charge is -2.32. The molecule has 4 rings (SSSR count). The number of pyridine rings is 1. The van der Waals surface area contributed by atoms with Crippen LogP contribution in [0.3, 0.4) is 0 Å². The van der Waals surface area contributed by atoms with Crippen LogP contribution < -0.4 is 0 Å². The van der Waals surface area contributed by atoms with Gasteiger partial charge in [-0.3, -0.25) is 9.58 Å². The number of halogens is 1. The van der Waals surface area contributed by atoms with Crippen molar-refractivity contribution in [3.63, 3.8) is 0 Å². The molecule has 5 heteroatoms. The standard InChI is InChI=1S/C19H21FN4/c1-23-19-17(5-2-10-21-19)18(22-23)15-4-3-11-24(13-15)12-14-6-8-16(20)9-7-14/h2,5-10,15H,3-4,11-13H2,1H3. The lowest BCUT2D eigenvalue weighted by molar-refractivity contribution is 0.198. The van der Waals surface area contributed by atoms with E-state index in [1.807, 2.05) is 36.1 Å². The van der Waals surface area contributed by atoms with E-state index >= 15 is 0 Å². The predicted octanol–water partition coefficient (Wildman–Crippen LogP) is 3.49. The summed E-state index contributed by atoms with van der Waals surface area (Å²) in [5.41, 5.74) is 3.26. The molecule has 0 radical (unpaired) electrons. The van der Waals surface area contributed by atoms with Gasteiger partial charge in [0.25, 0.3) is 0 Å². The summed E-state index contributed by atoms with van der Waals surface area (Å²) in [5, 5.41) is 5.91. The summed E-state index contributed by atoms with van der Waals surface area (Å²) >= 11 is 0. The Hall–Kier alpha value is -2.27. The Labute approximate surface area is 140 Å². The maximum absolute atomic E-state index is 13.1. The van der Waals surface area contributed by atoms with Crippen LogP contribution in [-0.4, -0.2) is 32.8 Å². The number of aromatic nitrogens is 3. The molecule has 4 nitrogen and oxygen atoms in total. The van der Waals surface area contributed by atoms with Crippen LogP contribution in [0.15, 0.2) is 42.6 Å². The van der Waals surface area contributed by atoms with Gasteiger partial charge in [-0.2, -0.15) is 5.10 Å². The van der Waals surface area contributed by atoms with E-state index in [-0.39, 0.29) is 5.82 Å². The highest BCUT2D eigenvalue weighted by atomic mass is 19.1. The number of piperidine rings is 1. The molecule has 2 aromatic heterocycles. The molecular weight excluding hydrogens is 303 g/mol. The van der Waals surface area contributed by atoms with Gasteiger partial charge in [0.15, 0.2) is 5.65 Å². The second-order valence-electron chi connectivity index (χ2n) is 6.58. The van der Waals surface area contributed by atoms with Crippen LogP contribution >= 0.6 is 0 Å². The van der Waals surface area contributed by atoms with Crippen molar-refractivity contribution >= 4 is 11.0 Å². The summed E-state index contributed by atoms with van der Waals surface area (Å²) in [6.45, 7) is 2.93. The van der Waals surface area contributed by atoms with E-state index in [4.69, 9.17) is 5.10 Å². The Morgan fingerprint density at radius 3 is 2.88 bits per heavy atom. The second kappa shape index (κ2) is 6.32. The summed E-state index contributed by atoms with van der Waals surface area (Å²) in [6.07, 6.45) is 4.13. The zero-order chi connectivity index (χ0) is 16.5. The summed E-state index contributed by atoms with van der Waals surface area (Å²) in [4.78, 5) is 6.89. The number of hydrogen-bond acceptors (Lipinski definition) is 3. The van der Waals surface area contributed by atoms with Crippen LogP contribution in [0.25, 0.3) is 11.0 Å². The minimum Gasteiger partial charge on any atom is -0.298 e. The van der Waals surface area contributed by atoms with Crippen molar-refractivity contribution in [3.05, 3.63) is 59.7 Å². The van der Waals surface area contributed by atoms with E-state index in [1.54, 1.807) is 0 Å². The first-order chi connectivity index (χ1) is 11.7. The predicted molar refractivity (Wildman–Crippen MR) is 92.2 cm³/mol. The fourth-order valence-corrected chi connectivity index (χ4v) is 3.69. The normalized spacial score (nSPS) is 19.0. The summed E-state index contributed by atoms with van der Waals surface area (Å²) < 4.78 is 14.9. The summed E-state index contributed by atoms with van der Waals surface area (Å²) in [7, 11) is 1.96. The molecule has 24 heavy (non-hydrogen) atoms. The Kier molecular flexibility index (Phi) is 4.02. The third kappa shape index (κ3) is 2.91.